The minimum atomic E-state index is -0.140. The Hall–Kier alpha value is -2.41. The van der Waals surface area contributed by atoms with Gasteiger partial charge in [-0.2, -0.15) is 0 Å². The molecule has 1 atom stereocenters. The number of thioether (sulfide) groups is 1. The lowest BCUT2D eigenvalue weighted by Crippen LogP contribution is -2.14. The number of hydrogen-bond acceptors (Lipinski definition) is 6. The van der Waals surface area contributed by atoms with E-state index in [2.05, 4.69) is 20.2 Å². The number of nitrogens with one attached hydrogen (secondary N) is 1. The summed E-state index contributed by atoms with van der Waals surface area (Å²) in [6.07, 6.45) is 0.697. The van der Waals surface area contributed by atoms with Crippen LogP contribution < -0.4 is 5.56 Å². The van der Waals surface area contributed by atoms with Crippen LogP contribution in [-0.2, 0) is 6.42 Å². The molecule has 0 fully saturated rings. The first kappa shape index (κ1) is 16.4. The lowest BCUT2D eigenvalue weighted by molar-refractivity contribution is 0.456. The Kier molecular flexibility index (Phi) is 4.80. The van der Waals surface area contributed by atoms with E-state index in [1.54, 1.807) is 6.92 Å². The topological polar surface area (TPSA) is 84.7 Å². The van der Waals surface area contributed by atoms with Crippen LogP contribution in [0.5, 0.6) is 0 Å². The summed E-state index contributed by atoms with van der Waals surface area (Å²) in [5, 5.41) is 8.45. The van der Waals surface area contributed by atoms with Gasteiger partial charge in [-0.25, -0.2) is 4.98 Å². The molecule has 0 radical (unpaired) electrons. The van der Waals surface area contributed by atoms with E-state index < -0.39 is 0 Å². The monoisotopic (exact) mass is 342 g/mol. The molecule has 1 aromatic carbocycles. The normalized spacial score (nSPS) is 12.3. The molecular weight excluding hydrogens is 324 g/mol. The number of aromatic amines is 1. The Morgan fingerprint density at radius 1 is 1.25 bits per heavy atom. The molecule has 3 aromatic rings. The van der Waals surface area contributed by atoms with Crippen molar-refractivity contribution in [1.29, 1.82) is 0 Å². The van der Waals surface area contributed by atoms with Crippen LogP contribution in [-0.4, -0.2) is 20.2 Å². The van der Waals surface area contributed by atoms with Crippen LogP contribution in [0.2, 0.25) is 0 Å². The van der Waals surface area contributed by atoms with Crippen molar-refractivity contribution in [2.45, 2.75) is 37.6 Å². The van der Waals surface area contributed by atoms with Gasteiger partial charge in [-0.15, -0.1) is 10.2 Å². The molecule has 124 valence electrons. The van der Waals surface area contributed by atoms with E-state index in [1.807, 2.05) is 44.2 Å². The highest BCUT2D eigenvalue weighted by Crippen LogP contribution is 2.32. The zero-order valence-electron chi connectivity index (χ0n) is 13.7. The molecule has 2 heterocycles. The Morgan fingerprint density at radius 3 is 2.67 bits per heavy atom. The predicted molar refractivity (Wildman–Crippen MR) is 93.0 cm³/mol. The number of hydrogen-bond donors (Lipinski definition) is 1. The van der Waals surface area contributed by atoms with Crippen molar-refractivity contribution in [2.24, 2.45) is 0 Å². The first-order chi connectivity index (χ1) is 11.6. The fourth-order valence-electron chi connectivity index (χ4n) is 2.24. The van der Waals surface area contributed by atoms with E-state index in [1.165, 1.54) is 11.8 Å². The zero-order chi connectivity index (χ0) is 17.1. The third kappa shape index (κ3) is 3.41. The van der Waals surface area contributed by atoms with Gasteiger partial charge in [0.2, 0.25) is 11.8 Å². The quantitative estimate of drug-likeness (QED) is 0.564. The van der Waals surface area contributed by atoms with Crippen molar-refractivity contribution in [2.75, 3.05) is 0 Å². The molecular formula is C17H18N4O2S. The molecule has 2 aromatic heterocycles. The SMILES string of the molecule is CCc1nnc(C(C)Sc2nc(-c3ccccc3)c(C)c(=O)[nH]2)o1. The van der Waals surface area contributed by atoms with Crippen molar-refractivity contribution < 1.29 is 4.42 Å². The van der Waals surface area contributed by atoms with Crippen LogP contribution in [0.1, 0.15) is 36.4 Å². The summed E-state index contributed by atoms with van der Waals surface area (Å²) >= 11 is 1.39. The van der Waals surface area contributed by atoms with Crippen molar-refractivity contribution in [3.63, 3.8) is 0 Å². The second kappa shape index (κ2) is 7.00. The first-order valence-electron chi connectivity index (χ1n) is 7.73. The Balaban J connectivity index is 1.91. The highest BCUT2D eigenvalue weighted by molar-refractivity contribution is 7.99. The van der Waals surface area contributed by atoms with Crippen molar-refractivity contribution in [3.8, 4) is 11.3 Å². The van der Waals surface area contributed by atoms with E-state index >= 15 is 0 Å². The summed E-state index contributed by atoms with van der Waals surface area (Å²) < 4.78 is 5.57. The number of aryl methyl sites for hydroxylation is 1. The Bertz CT molecular complexity index is 889. The molecule has 24 heavy (non-hydrogen) atoms. The average Bonchev–Trinajstić information content (AvgIpc) is 3.08. The van der Waals surface area contributed by atoms with E-state index in [0.717, 1.165) is 5.56 Å². The maximum absolute atomic E-state index is 12.2. The van der Waals surface area contributed by atoms with Gasteiger partial charge in [-0.05, 0) is 13.8 Å². The number of rotatable bonds is 5. The standard InChI is InChI=1S/C17H18N4O2S/c1-4-13-20-21-16(23-13)11(3)24-17-18-14(10(2)15(22)19-17)12-8-6-5-7-9-12/h5-9,11H,4H2,1-3H3,(H,18,19,22). The average molecular weight is 342 g/mol. The summed E-state index contributed by atoms with van der Waals surface area (Å²) in [6.45, 7) is 5.68. The minimum absolute atomic E-state index is 0.104. The summed E-state index contributed by atoms with van der Waals surface area (Å²) in [7, 11) is 0. The van der Waals surface area contributed by atoms with Crippen LogP contribution in [0.25, 0.3) is 11.3 Å². The van der Waals surface area contributed by atoms with Gasteiger partial charge in [0.1, 0.15) is 0 Å². The van der Waals surface area contributed by atoms with Crippen LogP contribution in [0, 0.1) is 6.92 Å². The molecule has 1 unspecified atom stereocenters. The summed E-state index contributed by atoms with van der Waals surface area (Å²) in [5.41, 5.74) is 2.07. The lowest BCUT2D eigenvalue weighted by atomic mass is 10.1. The highest BCUT2D eigenvalue weighted by Gasteiger charge is 2.18. The predicted octanol–water partition coefficient (Wildman–Crippen LogP) is 3.54. The first-order valence-corrected chi connectivity index (χ1v) is 8.61. The molecule has 0 bridgehead atoms. The maximum atomic E-state index is 12.2. The second-order valence-electron chi connectivity index (χ2n) is 5.36. The van der Waals surface area contributed by atoms with Crippen molar-refractivity contribution in [3.05, 3.63) is 58.0 Å². The van der Waals surface area contributed by atoms with Crippen LogP contribution in [0.4, 0.5) is 0 Å². The third-order valence-corrected chi connectivity index (χ3v) is 4.57. The third-order valence-electron chi connectivity index (χ3n) is 3.60. The van der Waals surface area contributed by atoms with Gasteiger partial charge in [0.05, 0.1) is 10.9 Å². The number of aromatic nitrogens is 4. The fourth-order valence-corrected chi connectivity index (χ4v) is 3.06. The molecule has 0 spiro atoms. The number of nitrogens with zero attached hydrogens (tertiary/aromatic N) is 3. The molecule has 0 saturated heterocycles. The van der Waals surface area contributed by atoms with Crippen LogP contribution >= 0.6 is 11.8 Å². The van der Waals surface area contributed by atoms with E-state index in [4.69, 9.17) is 4.42 Å². The smallest absolute Gasteiger partial charge is 0.255 e. The molecule has 7 heteroatoms. The van der Waals surface area contributed by atoms with Gasteiger partial charge in [0.15, 0.2) is 5.16 Å². The van der Waals surface area contributed by atoms with Gasteiger partial charge < -0.3 is 9.40 Å². The summed E-state index contributed by atoms with van der Waals surface area (Å²) in [6, 6.07) is 9.68. The van der Waals surface area contributed by atoms with Crippen molar-refractivity contribution in [1.82, 2.24) is 20.2 Å². The van der Waals surface area contributed by atoms with Crippen LogP contribution in [0.3, 0.4) is 0 Å². The van der Waals surface area contributed by atoms with E-state index in [9.17, 15) is 4.79 Å². The number of benzene rings is 1. The van der Waals surface area contributed by atoms with Gasteiger partial charge in [0.25, 0.3) is 5.56 Å². The fraction of sp³-hybridized carbons (Fsp3) is 0.294. The van der Waals surface area contributed by atoms with Gasteiger partial charge in [-0.1, -0.05) is 49.0 Å². The van der Waals surface area contributed by atoms with Gasteiger partial charge in [0, 0.05) is 17.5 Å². The molecule has 0 aliphatic rings. The molecule has 6 nitrogen and oxygen atoms in total. The highest BCUT2D eigenvalue weighted by atomic mass is 32.2. The minimum Gasteiger partial charge on any atom is -0.424 e. The van der Waals surface area contributed by atoms with Crippen LogP contribution in [0.15, 0.2) is 44.7 Å². The molecule has 0 aliphatic carbocycles. The zero-order valence-corrected chi connectivity index (χ0v) is 14.6. The number of H-pyrrole nitrogens is 1. The second-order valence-corrected chi connectivity index (χ2v) is 6.69. The molecule has 3 rings (SSSR count). The van der Waals surface area contributed by atoms with Gasteiger partial charge in [-0.3, -0.25) is 4.79 Å². The summed E-state index contributed by atoms with van der Waals surface area (Å²) in [4.78, 5) is 19.7. The van der Waals surface area contributed by atoms with E-state index in [-0.39, 0.29) is 10.8 Å². The summed E-state index contributed by atoms with van der Waals surface area (Å²) in [5.74, 6) is 1.13. The maximum Gasteiger partial charge on any atom is 0.255 e. The molecule has 0 aliphatic heterocycles. The lowest BCUT2D eigenvalue weighted by Gasteiger charge is -2.09. The largest absolute Gasteiger partial charge is 0.424 e. The molecule has 1 N–H and O–H groups in total. The molecule has 0 amide bonds. The van der Waals surface area contributed by atoms with Crippen molar-refractivity contribution >= 4 is 11.8 Å². The van der Waals surface area contributed by atoms with E-state index in [0.29, 0.717) is 34.6 Å². The Morgan fingerprint density at radius 2 is 2.00 bits per heavy atom. The molecule has 0 saturated carbocycles. The van der Waals surface area contributed by atoms with Gasteiger partial charge >= 0.3 is 0 Å². The Labute approximate surface area is 143 Å².